The number of hydrogen-bond donors (Lipinski definition) is 1. The van der Waals surface area contributed by atoms with Gasteiger partial charge in [0.2, 0.25) is 0 Å². The van der Waals surface area contributed by atoms with E-state index in [0.717, 1.165) is 25.7 Å². The van der Waals surface area contributed by atoms with Gasteiger partial charge < -0.3 is 10.1 Å². The van der Waals surface area contributed by atoms with Crippen LogP contribution >= 0.6 is 0 Å². The van der Waals surface area contributed by atoms with Crippen LogP contribution in [-0.2, 0) is 21.9 Å². The number of rotatable bonds is 21. The maximum Gasteiger partial charge on any atom is 0.417 e. The Balaban J connectivity index is 2.36. The fourth-order valence-electron chi connectivity index (χ4n) is 4.79. The van der Waals surface area contributed by atoms with Gasteiger partial charge in [-0.1, -0.05) is 117 Å². The maximum atomic E-state index is 13.4. The van der Waals surface area contributed by atoms with Crippen molar-refractivity contribution in [2.75, 3.05) is 6.61 Å². The van der Waals surface area contributed by atoms with E-state index in [9.17, 15) is 35.9 Å². The first-order valence-corrected chi connectivity index (χ1v) is 15.5. The molecule has 0 spiro atoms. The Morgan fingerprint density at radius 2 is 1.17 bits per heavy atom. The van der Waals surface area contributed by atoms with Gasteiger partial charge in [0, 0.05) is 0 Å². The SMILES string of the molecule is CCCCCCCCCCCCCCCCCCOC(=O)C(NC(=O)c1cc(C(F)(F)F)ccc1C(F)(F)F)C(C)C. The van der Waals surface area contributed by atoms with Crippen LogP contribution in [0.1, 0.15) is 145 Å². The molecular formula is C32H49F6NO3. The lowest BCUT2D eigenvalue weighted by atomic mass is 10.00. The first-order chi connectivity index (χ1) is 19.8. The molecule has 0 aliphatic carbocycles. The molecule has 0 aliphatic rings. The standard InChI is InChI=1S/C32H49F6NO3/c1-4-5-6-7-8-9-10-11-12-13-14-15-16-17-18-19-22-42-30(41)28(24(2)3)39-29(40)26-23-25(31(33,34)35)20-21-27(26)32(36,37)38/h20-21,23-24,28H,4-19,22H2,1-3H3,(H,39,40). The van der Waals surface area contributed by atoms with Crippen molar-refractivity contribution < 1.29 is 40.7 Å². The Bertz CT molecular complexity index is 914. The van der Waals surface area contributed by atoms with E-state index < -0.39 is 52.9 Å². The lowest BCUT2D eigenvalue weighted by Crippen LogP contribution is -2.45. The van der Waals surface area contributed by atoms with Crippen molar-refractivity contribution in [3.63, 3.8) is 0 Å². The zero-order chi connectivity index (χ0) is 31.6. The summed E-state index contributed by atoms with van der Waals surface area (Å²) in [5.41, 5.74) is -4.11. The van der Waals surface area contributed by atoms with Crippen LogP contribution in [0, 0.1) is 5.92 Å². The molecule has 4 nitrogen and oxygen atoms in total. The van der Waals surface area contributed by atoms with E-state index in [1.165, 1.54) is 70.6 Å². The monoisotopic (exact) mass is 609 g/mol. The number of esters is 1. The first kappa shape index (κ1) is 37.8. The van der Waals surface area contributed by atoms with Gasteiger partial charge in [-0.25, -0.2) is 4.79 Å². The number of alkyl halides is 6. The summed E-state index contributed by atoms with van der Waals surface area (Å²) in [6.45, 7) is 5.43. The smallest absolute Gasteiger partial charge is 0.417 e. The molecule has 1 amide bonds. The van der Waals surface area contributed by atoms with Crippen LogP contribution in [0.5, 0.6) is 0 Å². The van der Waals surface area contributed by atoms with E-state index in [-0.39, 0.29) is 24.8 Å². The highest BCUT2D eigenvalue weighted by atomic mass is 19.4. The summed E-state index contributed by atoms with van der Waals surface area (Å²) in [6, 6.07) is -0.671. The third-order valence-corrected chi connectivity index (χ3v) is 7.35. The van der Waals surface area contributed by atoms with Crippen LogP contribution in [0.3, 0.4) is 0 Å². The van der Waals surface area contributed by atoms with Crippen molar-refractivity contribution in [1.82, 2.24) is 5.32 Å². The van der Waals surface area contributed by atoms with Crippen molar-refractivity contribution in [3.8, 4) is 0 Å². The summed E-state index contributed by atoms with van der Waals surface area (Å²) in [7, 11) is 0. The van der Waals surface area contributed by atoms with Gasteiger partial charge in [-0.3, -0.25) is 4.79 Å². The van der Waals surface area contributed by atoms with Crippen molar-refractivity contribution in [1.29, 1.82) is 0 Å². The number of halogens is 6. The van der Waals surface area contributed by atoms with Gasteiger partial charge in [0.05, 0.1) is 23.3 Å². The Kier molecular flexibility index (Phi) is 17.8. The van der Waals surface area contributed by atoms with Crippen molar-refractivity contribution in [3.05, 3.63) is 34.9 Å². The third kappa shape index (κ3) is 15.3. The third-order valence-electron chi connectivity index (χ3n) is 7.35. The molecule has 0 saturated carbocycles. The van der Waals surface area contributed by atoms with E-state index >= 15 is 0 Å². The quantitative estimate of drug-likeness (QED) is 0.0857. The summed E-state index contributed by atoms with van der Waals surface area (Å²) in [4.78, 5) is 25.2. The topological polar surface area (TPSA) is 55.4 Å². The van der Waals surface area contributed by atoms with Crippen LogP contribution in [0.2, 0.25) is 0 Å². The molecule has 1 aromatic rings. The summed E-state index contributed by atoms with van der Waals surface area (Å²) >= 11 is 0. The Morgan fingerprint density at radius 3 is 1.57 bits per heavy atom. The van der Waals surface area contributed by atoms with Gasteiger partial charge in [-0.15, -0.1) is 0 Å². The molecule has 0 aliphatic heterocycles. The number of ether oxygens (including phenoxy) is 1. The van der Waals surface area contributed by atoms with Gasteiger partial charge in [0.25, 0.3) is 5.91 Å². The number of amides is 1. The number of hydrogen-bond acceptors (Lipinski definition) is 3. The average Bonchev–Trinajstić information content (AvgIpc) is 2.91. The molecule has 242 valence electrons. The minimum Gasteiger partial charge on any atom is -0.464 e. The molecule has 0 fully saturated rings. The van der Waals surface area contributed by atoms with Crippen LogP contribution in [-0.4, -0.2) is 24.5 Å². The molecular weight excluding hydrogens is 560 g/mol. The van der Waals surface area contributed by atoms with E-state index in [0.29, 0.717) is 6.42 Å². The van der Waals surface area contributed by atoms with Gasteiger partial charge in [0.15, 0.2) is 0 Å². The number of nitrogens with one attached hydrogen (secondary N) is 1. The zero-order valence-corrected chi connectivity index (χ0v) is 25.4. The predicted octanol–water partition coefficient (Wildman–Crippen LogP) is 10.3. The average molecular weight is 610 g/mol. The molecule has 0 radical (unpaired) electrons. The van der Waals surface area contributed by atoms with Gasteiger partial charge in [-0.05, 0) is 30.5 Å². The van der Waals surface area contributed by atoms with E-state index in [1.807, 2.05) is 0 Å². The molecule has 42 heavy (non-hydrogen) atoms. The second-order valence-electron chi connectivity index (χ2n) is 11.4. The minimum atomic E-state index is -5.06. The zero-order valence-electron chi connectivity index (χ0n) is 25.4. The number of benzene rings is 1. The van der Waals surface area contributed by atoms with Gasteiger partial charge >= 0.3 is 18.3 Å². The molecule has 10 heteroatoms. The highest BCUT2D eigenvalue weighted by Gasteiger charge is 2.39. The van der Waals surface area contributed by atoms with Crippen molar-refractivity contribution >= 4 is 11.9 Å². The molecule has 0 aromatic heterocycles. The molecule has 1 aromatic carbocycles. The van der Waals surface area contributed by atoms with Gasteiger partial charge in [0.1, 0.15) is 6.04 Å². The summed E-state index contributed by atoms with van der Waals surface area (Å²) in [5.74, 6) is -2.82. The number of carbonyl (C=O) groups excluding carboxylic acids is 2. The maximum absolute atomic E-state index is 13.4. The molecule has 1 rings (SSSR count). The van der Waals surface area contributed by atoms with E-state index in [4.69, 9.17) is 4.74 Å². The highest BCUT2D eigenvalue weighted by molar-refractivity contribution is 5.98. The summed E-state index contributed by atoms with van der Waals surface area (Å²) in [6.07, 6.45) is 9.11. The molecule has 0 bridgehead atoms. The Morgan fingerprint density at radius 1 is 0.714 bits per heavy atom. The van der Waals surface area contributed by atoms with E-state index in [1.54, 1.807) is 13.8 Å². The van der Waals surface area contributed by atoms with Crippen molar-refractivity contribution in [2.45, 2.75) is 142 Å². The largest absolute Gasteiger partial charge is 0.464 e. The lowest BCUT2D eigenvalue weighted by molar-refractivity contribution is -0.147. The predicted molar refractivity (Wildman–Crippen MR) is 153 cm³/mol. The van der Waals surface area contributed by atoms with Crippen LogP contribution in [0.15, 0.2) is 18.2 Å². The first-order valence-electron chi connectivity index (χ1n) is 15.5. The normalized spacial score (nSPS) is 12.9. The fourth-order valence-corrected chi connectivity index (χ4v) is 4.79. The molecule has 1 unspecified atom stereocenters. The number of carbonyl (C=O) groups is 2. The van der Waals surface area contributed by atoms with Crippen LogP contribution in [0.25, 0.3) is 0 Å². The highest BCUT2D eigenvalue weighted by Crippen LogP contribution is 2.36. The molecule has 0 saturated heterocycles. The fraction of sp³-hybridized carbons (Fsp3) is 0.750. The summed E-state index contributed by atoms with van der Waals surface area (Å²) in [5, 5.41) is 2.15. The number of unbranched alkanes of at least 4 members (excludes halogenated alkanes) is 15. The van der Waals surface area contributed by atoms with Crippen molar-refractivity contribution in [2.24, 2.45) is 5.92 Å². The molecule has 0 heterocycles. The second-order valence-corrected chi connectivity index (χ2v) is 11.4. The Hall–Kier alpha value is -2.26. The van der Waals surface area contributed by atoms with E-state index in [2.05, 4.69) is 12.2 Å². The second kappa shape index (κ2) is 19.8. The lowest BCUT2D eigenvalue weighted by Gasteiger charge is -2.22. The van der Waals surface area contributed by atoms with Crippen LogP contribution in [0.4, 0.5) is 26.3 Å². The minimum absolute atomic E-state index is 0.0910. The van der Waals surface area contributed by atoms with Gasteiger partial charge in [-0.2, -0.15) is 26.3 Å². The van der Waals surface area contributed by atoms with Crippen LogP contribution < -0.4 is 5.32 Å². The molecule has 1 N–H and O–H groups in total. The summed E-state index contributed by atoms with van der Waals surface area (Å²) < 4.78 is 84.7. The molecule has 1 atom stereocenters. The Labute approximate surface area is 247 Å².